The number of nitrogens with zero attached hydrogens (tertiary/aromatic N) is 1. The maximum atomic E-state index is 5.84. The van der Waals surface area contributed by atoms with E-state index in [0.29, 0.717) is 6.54 Å². The molecule has 2 atom stereocenters. The van der Waals surface area contributed by atoms with Crippen LogP contribution in [-0.4, -0.2) is 12.3 Å². The molecule has 0 fully saturated rings. The predicted molar refractivity (Wildman–Crippen MR) is 73.7 cm³/mol. The normalized spacial score (nSPS) is 16.1. The van der Waals surface area contributed by atoms with Gasteiger partial charge in [-0.25, -0.2) is 0 Å². The van der Waals surface area contributed by atoms with Gasteiger partial charge < -0.3 is 11.5 Å². The predicted octanol–water partition coefficient (Wildman–Crippen LogP) is 2.08. The zero-order chi connectivity index (χ0) is 12.7. The minimum atomic E-state index is 0.0768. The van der Waals surface area contributed by atoms with Crippen molar-refractivity contribution < 1.29 is 0 Å². The summed E-state index contributed by atoms with van der Waals surface area (Å²) >= 11 is 0. The van der Waals surface area contributed by atoms with Crippen LogP contribution in [0, 0.1) is 5.92 Å². The fraction of sp³-hybridized carbons (Fsp3) is 0.357. The Bertz CT molecular complexity index is 380. The summed E-state index contributed by atoms with van der Waals surface area (Å²) in [6, 6.07) is 10.2. The number of rotatable bonds is 5. The molecular weight excluding hydrogens is 210 g/mol. The third-order valence-electron chi connectivity index (χ3n) is 2.86. The van der Waals surface area contributed by atoms with Crippen molar-refractivity contribution in [2.45, 2.75) is 26.4 Å². The minimum Gasteiger partial charge on any atom is -0.404 e. The number of nitrogens with two attached hydrogens (primary N) is 2. The monoisotopic (exact) mass is 231 g/mol. The summed E-state index contributed by atoms with van der Waals surface area (Å²) in [5, 5.41) is 0. The zero-order valence-corrected chi connectivity index (χ0v) is 10.5. The SMILES string of the molecule is CC(N)C(C)/C(C=NCc1ccccc1)=C/N. The molecule has 2 unspecified atom stereocenters. The van der Waals surface area contributed by atoms with Crippen LogP contribution in [-0.2, 0) is 6.54 Å². The molecule has 92 valence electrons. The average molecular weight is 231 g/mol. The van der Waals surface area contributed by atoms with E-state index in [1.807, 2.05) is 31.3 Å². The van der Waals surface area contributed by atoms with Gasteiger partial charge in [0.1, 0.15) is 0 Å². The molecule has 3 nitrogen and oxygen atoms in total. The van der Waals surface area contributed by atoms with Crippen molar-refractivity contribution in [1.82, 2.24) is 0 Å². The Morgan fingerprint density at radius 2 is 1.94 bits per heavy atom. The number of hydrogen-bond donors (Lipinski definition) is 2. The van der Waals surface area contributed by atoms with E-state index in [9.17, 15) is 0 Å². The molecule has 1 aromatic rings. The quantitative estimate of drug-likeness (QED) is 0.762. The van der Waals surface area contributed by atoms with Crippen molar-refractivity contribution in [3.05, 3.63) is 47.7 Å². The summed E-state index contributed by atoms with van der Waals surface area (Å²) in [5.41, 5.74) is 13.6. The molecular formula is C14H21N3. The fourth-order valence-corrected chi connectivity index (χ4v) is 1.46. The van der Waals surface area contributed by atoms with Gasteiger partial charge in [0.2, 0.25) is 0 Å². The Hall–Kier alpha value is -1.61. The topological polar surface area (TPSA) is 64.4 Å². The fourth-order valence-electron chi connectivity index (χ4n) is 1.46. The highest BCUT2D eigenvalue weighted by Gasteiger charge is 2.10. The van der Waals surface area contributed by atoms with Gasteiger partial charge in [-0.3, -0.25) is 4.99 Å². The van der Waals surface area contributed by atoms with E-state index in [1.165, 1.54) is 5.56 Å². The van der Waals surface area contributed by atoms with Gasteiger partial charge in [-0.15, -0.1) is 0 Å². The van der Waals surface area contributed by atoms with Gasteiger partial charge in [0.15, 0.2) is 0 Å². The maximum Gasteiger partial charge on any atom is 0.0639 e. The maximum absolute atomic E-state index is 5.84. The summed E-state index contributed by atoms with van der Waals surface area (Å²) in [6.45, 7) is 4.70. The standard InChI is InChI=1S/C14H21N3/c1-11(12(2)16)14(8-15)10-17-9-13-6-4-3-5-7-13/h3-8,10-12H,9,15-16H2,1-2H3/b14-8+,17-10?. The zero-order valence-electron chi connectivity index (χ0n) is 10.5. The van der Waals surface area contributed by atoms with E-state index in [-0.39, 0.29) is 12.0 Å². The van der Waals surface area contributed by atoms with Crippen molar-refractivity contribution in [2.24, 2.45) is 22.4 Å². The Kier molecular flexibility index (Phi) is 5.43. The van der Waals surface area contributed by atoms with Crippen LogP contribution < -0.4 is 11.5 Å². The van der Waals surface area contributed by atoms with Crippen molar-refractivity contribution in [1.29, 1.82) is 0 Å². The second kappa shape index (κ2) is 6.86. The number of benzene rings is 1. The molecule has 0 aromatic heterocycles. The molecule has 1 rings (SSSR count). The number of aliphatic imine (C=N–C) groups is 1. The van der Waals surface area contributed by atoms with Crippen LogP contribution in [0.1, 0.15) is 19.4 Å². The smallest absolute Gasteiger partial charge is 0.0639 e. The number of hydrogen-bond acceptors (Lipinski definition) is 3. The van der Waals surface area contributed by atoms with Crippen LogP contribution >= 0.6 is 0 Å². The van der Waals surface area contributed by atoms with Crippen LogP contribution in [0.4, 0.5) is 0 Å². The third kappa shape index (κ3) is 4.41. The Morgan fingerprint density at radius 1 is 1.29 bits per heavy atom. The van der Waals surface area contributed by atoms with Gasteiger partial charge in [0.05, 0.1) is 6.54 Å². The van der Waals surface area contributed by atoms with Crippen molar-refractivity contribution in [3.8, 4) is 0 Å². The highest BCUT2D eigenvalue weighted by molar-refractivity contribution is 5.79. The second-order valence-corrected chi connectivity index (χ2v) is 4.27. The van der Waals surface area contributed by atoms with Gasteiger partial charge in [-0.2, -0.15) is 0 Å². The van der Waals surface area contributed by atoms with Crippen LogP contribution in [0.2, 0.25) is 0 Å². The lowest BCUT2D eigenvalue weighted by molar-refractivity contribution is 0.569. The lowest BCUT2D eigenvalue weighted by Crippen LogP contribution is -2.26. The van der Waals surface area contributed by atoms with E-state index in [0.717, 1.165) is 5.57 Å². The molecule has 0 heterocycles. The molecule has 0 aliphatic rings. The second-order valence-electron chi connectivity index (χ2n) is 4.27. The molecule has 0 radical (unpaired) electrons. The molecule has 0 spiro atoms. The van der Waals surface area contributed by atoms with E-state index in [4.69, 9.17) is 11.5 Å². The summed E-state index contributed by atoms with van der Waals surface area (Å²) in [5.74, 6) is 0.222. The van der Waals surface area contributed by atoms with Crippen LogP contribution in [0.25, 0.3) is 0 Å². The van der Waals surface area contributed by atoms with E-state index < -0.39 is 0 Å². The van der Waals surface area contributed by atoms with Crippen LogP contribution in [0.15, 0.2) is 47.1 Å². The van der Waals surface area contributed by atoms with Gasteiger partial charge in [0, 0.05) is 12.3 Å². The molecule has 0 aliphatic heterocycles. The Labute approximate surface area is 103 Å². The first kappa shape index (κ1) is 13.5. The Balaban J connectivity index is 2.58. The summed E-state index contributed by atoms with van der Waals surface area (Å²) in [7, 11) is 0. The summed E-state index contributed by atoms with van der Waals surface area (Å²) in [4.78, 5) is 4.39. The first-order valence-electron chi connectivity index (χ1n) is 5.86. The average Bonchev–Trinajstić information content (AvgIpc) is 2.35. The third-order valence-corrected chi connectivity index (χ3v) is 2.86. The van der Waals surface area contributed by atoms with Gasteiger partial charge >= 0.3 is 0 Å². The van der Waals surface area contributed by atoms with Crippen LogP contribution in [0.3, 0.4) is 0 Å². The molecule has 1 aromatic carbocycles. The molecule has 3 heteroatoms. The van der Waals surface area contributed by atoms with Crippen LogP contribution in [0.5, 0.6) is 0 Å². The molecule has 0 saturated heterocycles. The first-order valence-corrected chi connectivity index (χ1v) is 5.86. The molecule has 0 bridgehead atoms. The molecule has 0 aliphatic carbocycles. The molecule has 0 amide bonds. The van der Waals surface area contributed by atoms with Crippen molar-refractivity contribution in [2.75, 3.05) is 0 Å². The lowest BCUT2D eigenvalue weighted by atomic mass is 9.96. The minimum absolute atomic E-state index is 0.0768. The summed E-state index contributed by atoms with van der Waals surface area (Å²) < 4.78 is 0. The Morgan fingerprint density at radius 3 is 2.47 bits per heavy atom. The largest absolute Gasteiger partial charge is 0.404 e. The van der Waals surface area contributed by atoms with Crippen molar-refractivity contribution >= 4 is 6.21 Å². The van der Waals surface area contributed by atoms with E-state index >= 15 is 0 Å². The molecule has 4 N–H and O–H groups in total. The van der Waals surface area contributed by atoms with Crippen molar-refractivity contribution in [3.63, 3.8) is 0 Å². The molecule has 17 heavy (non-hydrogen) atoms. The lowest BCUT2D eigenvalue weighted by Gasteiger charge is -2.15. The molecule has 0 saturated carbocycles. The summed E-state index contributed by atoms with van der Waals surface area (Å²) in [6.07, 6.45) is 3.41. The van der Waals surface area contributed by atoms with Gasteiger partial charge in [-0.05, 0) is 30.2 Å². The highest BCUT2D eigenvalue weighted by Crippen LogP contribution is 2.10. The van der Waals surface area contributed by atoms with E-state index in [2.05, 4.69) is 24.0 Å². The van der Waals surface area contributed by atoms with E-state index in [1.54, 1.807) is 6.20 Å². The van der Waals surface area contributed by atoms with Gasteiger partial charge in [-0.1, -0.05) is 37.3 Å². The first-order chi connectivity index (χ1) is 8.15. The van der Waals surface area contributed by atoms with Gasteiger partial charge in [0.25, 0.3) is 0 Å². The highest BCUT2D eigenvalue weighted by atomic mass is 14.7.